The van der Waals surface area contributed by atoms with Crippen molar-refractivity contribution in [1.82, 2.24) is 10.2 Å². The molecule has 1 aliphatic rings. The van der Waals surface area contributed by atoms with Gasteiger partial charge in [-0.05, 0) is 38.9 Å². The molecule has 1 rings (SSSR count). The van der Waals surface area contributed by atoms with Crippen molar-refractivity contribution in [3.63, 3.8) is 0 Å². The molecule has 0 saturated carbocycles. The minimum absolute atomic E-state index is 0.153. The Labute approximate surface area is 110 Å². The highest BCUT2D eigenvalue weighted by molar-refractivity contribution is 5.76. The molecule has 1 saturated heterocycles. The standard InChI is InChI=1S/C13H26N2O3/c1-15-6-3-12(4-7-15)11-13(16)14-5-8-18-10-9-17-2/h12H,3-11H2,1-2H3,(H,14,16). The van der Waals surface area contributed by atoms with E-state index in [0.29, 0.717) is 38.7 Å². The van der Waals surface area contributed by atoms with Gasteiger partial charge in [-0.3, -0.25) is 4.79 Å². The van der Waals surface area contributed by atoms with Crippen molar-refractivity contribution >= 4 is 5.91 Å². The summed E-state index contributed by atoms with van der Waals surface area (Å²) in [5, 5.41) is 2.90. The van der Waals surface area contributed by atoms with E-state index in [9.17, 15) is 4.79 Å². The zero-order valence-electron chi connectivity index (χ0n) is 11.6. The predicted octanol–water partition coefficient (Wildman–Crippen LogP) is 0.498. The van der Waals surface area contributed by atoms with E-state index in [4.69, 9.17) is 9.47 Å². The van der Waals surface area contributed by atoms with E-state index in [2.05, 4.69) is 17.3 Å². The molecule has 1 fully saturated rings. The molecule has 0 atom stereocenters. The van der Waals surface area contributed by atoms with Gasteiger partial charge in [0.2, 0.25) is 5.91 Å². The van der Waals surface area contributed by atoms with Crippen LogP contribution in [0, 0.1) is 5.92 Å². The number of piperidine rings is 1. The maximum atomic E-state index is 11.7. The molecule has 0 aliphatic carbocycles. The van der Waals surface area contributed by atoms with Gasteiger partial charge in [0.25, 0.3) is 0 Å². The Morgan fingerprint density at radius 2 is 2.00 bits per heavy atom. The highest BCUT2D eigenvalue weighted by Crippen LogP contribution is 2.18. The zero-order valence-corrected chi connectivity index (χ0v) is 11.6. The number of amides is 1. The number of methoxy groups -OCH3 is 1. The van der Waals surface area contributed by atoms with E-state index < -0.39 is 0 Å². The van der Waals surface area contributed by atoms with Crippen LogP contribution in [-0.4, -0.2) is 64.4 Å². The number of rotatable bonds is 8. The quantitative estimate of drug-likeness (QED) is 0.644. The van der Waals surface area contributed by atoms with Gasteiger partial charge in [-0.15, -0.1) is 0 Å². The number of nitrogens with zero attached hydrogens (tertiary/aromatic N) is 1. The highest BCUT2D eigenvalue weighted by atomic mass is 16.5. The molecule has 0 radical (unpaired) electrons. The number of carbonyl (C=O) groups excluding carboxylic acids is 1. The van der Waals surface area contributed by atoms with Crippen molar-refractivity contribution in [2.24, 2.45) is 5.92 Å². The summed E-state index contributed by atoms with van der Waals surface area (Å²) in [4.78, 5) is 14.0. The fourth-order valence-electron chi connectivity index (χ4n) is 2.11. The summed E-state index contributed by atoms with van der Waals surface area (Å²) in [6, 6.07) is 0. The van der Waals surface area contributed by atoms with Crippen LogP contribution in [0.2, 0.25) is 0 Å². The number of likely N-dealkylation sites (tertiary alicyclic amines) is 1. The van der Waals surface area contributed by atoms with Gasteiger partial charge >= 0.3 is 0 Å². The second kappa shape index (κ2) is 9.30. The summed E-state index contributed by atoms with van der Waals surface area (Å²) in [5.74, 6) is 0.704. The molecule has 0 aromatic carbocycles. The molecule has 5 heteroatoms. The second-order valence-corrected chi connectivity index (χ2v) is 4.91. The summed E-state index contributed by atoms with van der Waals surface area (Å²) in [5.41, 5.74) is 0. The molecule has 1 aliphatic heterocycles. The lowest BCUT2D eigenvalue weighted by Gasteiger charge is -2.28. The van der Waals surface area contributed by atoms with E-state index in [-0.39, 0.29) is 5.91 Å². The van der Waals surface area contributed by atoms with Crippen molar-refractivity contribution in [2.45, 2.75) is 19.3 Å². The first-order valence-electron chi connectivity index (χ1n) is 6.74. The Morgan fingerprint density at radius 3 is 2.67 bits per heavy atom. The van der Waals surface area contributed by atoms with Gasteiger partial charge in [0.15, 0.2) is 0 Å². The van der Waals surface area contributed by atoms with Crippen molar-refractivity contribution in [3.05, 3.63) is 0 Å². The lowest BCUT2D eigenvalue weighted by Crippen LogP contribution is -2.34. The molecule has 1 amide bonds. The summed E-state index contributed by atoms with van der Waals surface area (Å²) < 4.78 is 10.1. The Bertz CT molecular complexity index is 228. The van der Waals surface area contributed by atoms with Crippen molar-refractivity contribution < 1.29 is 14.3 Å². The van der Waals surface area contributed by atoms with Crippen LogP contribution in [0.3, 0.4) is 0 Å². The fraction of sp³-hybridized carbons (Fsp3) is 0.923. The lowest BCUT2D eigenvalue weighted by molar-refractivity contribution is -0.122. The molecule has 18 heavy (non-hydrogen) atoms. The van der Waals surface area contributed by atoms with Crippen LogP contribution < -0.4 is 5.32 Å². The summed E-state index contributed by atoms with van der Waals surface area (Å²) >= 11 is 0. The molecule has 1 N–H and O–H groups in total. The minimum Gasteiger partial charge on any atom is -0.382 e. The molecule has 0 aromatic heterocycles. The fourth-order valence-corrected chi connectivity index (χ4v) is 2.11. The topological polar surface area (TPSA) is 50.8 Å². The first-order valence-corrected chi connectivity index (χ1v) is 6.74. The third kappa shape index (κ3) is 6.93. The maximum absolute atomic E-state index is 11.7. The van der Waals surface area contributed by atoms with Crippen LogP contribution in [0.25, 0.3) is 0 Å². The molecule has 0 bridgehead atoms. The third-order valence-electron chi connectivity index (χ3n) is 3.31. The number of hydrogen-bond donors (Lipinski definition) is 1. The third-order valence-corrected chi connectivity index (χ3v) is 3.31. The van der Waals surface area contributed by atoms with E-state index in [0.717, 1.165) is 25.9 Å². The lowest BCUT2D eigenvalue weighted by atomic mass is 9.93. The molecule has 1 heterocycles. The number of hydrogen-bond acceptors (Lipinski definition) is 4. The second-order valence-electron chi connectivity index (χ2n) is 4.91. The number of ether oxygens (including phenoxy) is 2. The molecule has 5 nitrogen and oxygen atoms in total. The molecule has 0 unspecified atom stereocenters. The van der Waals surface area contributed by atoms with Crippen LogP contribution in [-0.2, 0) is 14.3 Å². The minimum atomic E-state index is 0.153. The Kier molecular flexibility index (Phi) is 7.96. The van der Waals surface area contributed by atoms with Gasteiger partial charge in [0.05, 0.1) is 19.8 Å². The average molecular weight is 258 g/mol. The van der Waals surface area contributed by atoms with E-state index in [1.54, 1.807) is 7.11 Å². The van der Waals surface area contributed by atoms with Crippen LogP contribution in [0.1, 0.15) is 19.3 Å². The van der Waals surface area contributed by atoms with Crippen LogP contribution in [0.15, 0.2) is 0 Å². The monoisotopic (exact) mass is 258 g/mol. The predicted molar refractivity (Wildman–Crippen MR) is 70.5 cm³/mol. The number of carbonyl (C=O) groups is 1. The molecular formula is C13H26N2O3. The first-order chi connectivity index (χ1) is 8.72. The largest absolute Gasteiger partial charge is 0.382 e. The Hall–Kier alpha value is -0.650. The Balaban J connectivity index is 1.97. The van der Waals surface area contributed by atoms with Crippen LogP contribution in [0.5, 0.6) is 0 Å². The smallest absolute Gasteiger partial charge is 0.220 e. The van der Waals surface area contributed by atoms with Crippen molar-refractivity contribution in [2.75, 3.05) is 53.6 Å². The van der Waals surface area contributed by atoms with Gasteiger partial charge in [-0.1, -0.05) is 0 Å². The zero-order chi connectivity index (χ0) is 13.2. The van der Waals surface area contributed by atoms with Crippen molar-refractivity contribution in [1.29, 1.82) is 0 Å². The molecule has 106 valence electrons. The van der Waals surface area contributed by atoms with Gasteiger partial charge < -0.3 is 19.7 Å². The summed E-state index contributed by atoms with van der Waals surface area (Å²) in [6.45, 7) is 4.55. The average Bonchev–Trinajstić information content (AvgIpc) is 2.36. The maximum Gasteiger partial charge on any atom is 0.220 e. The SMILES string of the molecule is COCCOCCNC(=O)CC1CCN(C)CC1. The first kappa shape index (κ1) is 15.4. The highest BCUT2D eigenvalue weighted by Gasteiger charge is 2.19. The van der Waals surface area contributed by atoms with Crippen LogP contribution in [0.4, 0.5) is 0 Å². The van der Waals surface area contributed by atoms with Gasteiger partial charge in [0, 0.05) is 20.1 Å². The Morgan fingerprint density at radius 1 is 1.28 bits per heavy atom. The van der Waals surface area contributed by atoms with Gasteiger partial charge in [0.1, 0.15) is 0 Å². The van der Waals surface area contributed by atoms with Gasteiger partial charge in [-0.2, -0.15) is 0 Å². The summed E-state index contributed by atoms with van der Waals surface area (Å²) in [6.07, 6.45) is 2.93. The van der Waals surface area contributed by atoms with Crippen LogP contribution >= 0.6 is 0 Å². The normalized spacial score (nSPS) is 17.9. The molecular weight excluding hydrogens is 232 g/mol. The van der Waals surface area contributed by atoms with Crippen molar-refractivity contribution in [3.8, 4) is 0 Å². The van der Waals surface area contributed by atoms with E-state index in [1.807, 2.05) is 0 Å². The molecule has 0 spiro atoms. The van der Waals surface area contributed by atoms with Gasteiger partial charge in [-0.25, -0.2) is 0 Å². The van der Waals surface area contributed by atoms with E-state index >= 15 is 0 Å². The molecule has 0 aromatic rings. The number of nitrogens with one attached hydrogen (secondary N) is 1. The summed E-state index contributed by atoms with van der Waals surface area (Å²) in [7, 11) is 3.78. The van der Waals surface area contributed by atoms with E-state index in [1.165, 1.54) is 0 Å².